The van der Waals surface area contributed by atoms with Gasteiger partial charge in [-0.05, 0) is 73.2 Å². The molecule has 0 aliphatic carbocycles. The number of pyridine rings is 1. The first kappa shape index (κ1) is 22.2. The highest BCUT2D eigenvalue weighted by molar-refractivity contribution is 9.10. The molecule has 1 N–H and O–H groups in total. The van der Waals surface area contributed by atoms with Gasteiger partial charge in [-0.25, -0.2) is 0 Å². The molecule has 1 fully saturated rings. The lowest BCUT2D eigenvalue weighted by Gasteiger charge is -2.26. The van der Waals surface area contributed by atoms with Gasteiger partial charge in [-0.3, -0.25) is 15.1 Å². The first-order valence-electron chi connectivity index (χ1n) is 10.5. The van der Waals surface area contributed by atoms with Crippen LogP contribution in [0.15, 0.2) is 87.9 Å². The average Bonchev–Trinajstić information content (AvgIpc) is 3.46. The van der Waals surface area contributed by atoms with E-state index in [1.54, 1.807) is 30.5 Å². The number of anilines is 1. The SMILES string of the molecule is Cc1cc(N2C(=S)NC(c3ccccn3)C2c2ccc(-c3ccccc3[N+](=O)[O-])o2)ccc1Br. The van der Waals surface area contributed by atoms with Gasteiger partial charge in [0.25, 0.3) is 5.69 Å². The molecule has 2 unspecified atom stereocenters. The van der Waals surface area contributed by atoms with E-state index in [0.717, 1.165) is 21.4 Å². The zero-order valence-electron chi connectivity index (χ0n) is 18.0. The van der Waals surface area contributed by atoms with Crippen molar-refractivity contribution in [2.75, 3.05) is 4.90 Å². The van der Waals surface area contributed by atoms with Crippen molar-refractivity contribution in [2.24, 2.45) is 0 Å². The number of furan rings is 1. The van der Waals surface area contributed by atoms with Crippen LogP contribution in [0.4, 0.5) is 11.4 Å². The van der Waals surface area contributed by atoms with E-state index in [1.807, 2.05) is 48.2 Å². The number of rotatable bonds is 5. The molecule has 1 saturated heterocycles. The molecule has 5 rings (SSSR count). The van der Waals surface area contributed by atoms with Gasteiger partial charge in [-0.2, -0.15) is 0 Å². The molecule has 170 valence electrons. The van der Waals surface area contributed by atoms with Gasteiger partial charge in [0.05, 0.1) is 22.2 Å². The van der Waals surface area contributed by atoms with E-state index in [-0.39, 0.29) is 17.8 Å². The number of benzene rings is 2. The van der Waals surface area contributed by atoms with Crippen LogP contribution in [0.2, 0.25) is 0 Å². The maximum atomic E-state index is 11.6. The van der Waals surface area contributed by atoms with Crippen LogP contribution in [0, 0.1) is 17.0 Å². The van der Waals surface area contributed by atoms with Crippen molar-refractivity contribution < 1.29 is 9.34 Å². The van der Waals surface area contributed by atoms with Gasteiger partial charge in [-0.1, -0.05) is 34.1 Å². The Hall–Kier alpha value is -3.56. The minimum atomic E-state index is -0.405. The molecule has 9 heteroatoms. The molecule has 0 saturated carbocycles. The largest absolute Gasteiger partial charge is 0.459 e. The number of thiocarbonyl (C=S) groups is 1. The Balaban J connectivity index is 1.63. The van der Waals surface area contributed by atoms with Crippen LogP contribution in [0.1, 0.15) is 29.1 Å². The monoisotopic (exact) mass is 534 g/mol. The van der Waals surface area contributed by atoms with E-state index in [4.69, 9.17) is 16.6 Å². The summed E-state index contributed by atoms with van der Waals surface area (Å²) in [6, 6.07) is 21.3. The summed E-state index contributed by atoms with van der Waals surface area (Å²) in [6.07, 6.45) is 1.74. The molecular formula is C25H19BrN4O3S. The zero-order valence-corrected chi connectivity index (χ0v) is 20.4. The van der Waals surface area contributed by atoms with Crippen molar-refractivity contribution in [2.45, 2.75) is 19.0 Å². The highest BCUT2D eigenvalue weighted by Gasteiger charge is 2.42. The minimum Gasteiger partial charge on any atom is -0.459 e. The van der Waals surface area contributed by atoms with E-state index in [0.29, 0.717) is 22.2 Å². The van der Waals surface area contributed by atoms with Gasteiger partial charge in [-0.15, -0.1) is 0 Å². The third kappa shape index (κ3) is 3.97. The Morgan fingerprint density at radius 3 is 2.65 bits per heavy atom. The molecule has 0 radical (unpaired) electrons. The summed E-state index contributed by atoms with van der Waals surface area (Å²) in [7, 11) is 0. The standard InChI is InChI=1S/C25H19BrN4O3S/c1-15-14-16(9-10-18(15)26)29-24(23(28-25(29)34)19-7-4-5-13-27-19)22-12-11-21(33-22)17-6-2-3-8-20(17)30(31)32/h2-14,23-24H,1H3,(H,28,34). The Kier molecular flexibility index (Phi) is 5.89. The molecule has 0 bridgehead atoms. The number of aryl methyl sites for hydroxylation is 1. The number of para-hydroxylation sites is 1. The van der Waals surface area contributed by atoms with E-state index in [1.165, 1.54) is 6.07 Å². The van der Waals surface area contributed by atoms with Crippen molar-refractivity contribution in [3.05, 3.63) is 111 Å². The topological polar surface area (TPSA) is 84.4 Å². The predicted molar refractivity (Wildman–Crippen MR) is 138 cm³/mol. The second kappa shape index (κ2) is 9.00. The second-order valence-electron chi connectivity index (χ2n) is 7.91. The predicted octanol–water partition coefficient (Wildman–Crippen LogP) is 6.50. The third-order valence-electron chi connectivity index (χ3n) is 5.80. The van der Waals surface area contributed by atoms with Crippen LogP contribution < -0.4 is 10.2 Å². The number of halogens is 1. The Labute approximate surface area is 209 Å². The van der Waals surface area contributed by atoms with Gasteiger partial charge >= 0.3 is 0 Å². The fraction of sp³-hybridized carbons (Fsp3) is 0.120. The van der Waals surface area contributed by atoms with Crippen molar-refractivity contribution in [1.82, 2.24) is 10.3 Å². The Morgan fingerprint density at radius 1 is 1.12 bits per heavy atom. The molecule has 2 atom stereocenters. The van der Waals surface area contributed by atoms with Gasteiger partial charge in [0.1, 0.15) is 17.6 Å². The lowest BCUT2D eigenvalue weighted by atomic mass is 10.0. The molecule has 2 aromatic heterocycles. The molecular weight excluding hydrogens is 516 g/mol. The quantitative estimate of drug-likeness (QED) is 0.178. The van der Waals surface area contributed by atoms with E-state index < -0.39 is 4.92 Å². The van der Waals surface area contributed by atoms with E-state index in [2.05, 4.69) is 32.3 Å². The Morgan fingerprint density at radius 2 is 1.91 bits per heavy atom. The molecule has 3 heterocycles. The van der Waals surface area contributed by atoms with Crippen LogP contribution >= 0.6 is 28.1 Å². The summed E-state index contributed by atoms with van der Waals surface area (Å²) in [5, 5.41) is 15.5. The van der Waals surface area contributed by atoms with Crippen molar-refractivity contribution in [1.29, 1.82) is 0 Å². The minimum absolute atomic E-state index is 0.00913. The molecule has 2 aromatic carbocycles. The average molecular weight is 535 g/mol. The summed E-state index contributed by atoms with van der Waals surface area (Å²) in [6.45, 7) is 2.02. The Bertz CT molecular complexity index is 1390. The molecule has 34 heavy (non-hydrogen) atoms. The fourth-order valence-electron chi connectivity index (χ4n) is 4.20. The smallest absolute Gasteiger partial charge is 0.280 e. The number of aromatic nitrogens is 1. The lowest BCUT2D eigenvalue weighted by Crippen LogP contribution is -2.29. The highest BCUT2D eigenvalue weighted by Crippen LogP contribution is 2.44. The summed E-state index contributed by atoms with van der Waals surface area (Å²) in [5.41, 5.74) is 3.21. The molecule has 1 aliphatic heterocycles. The zero-order chi connectivity index (χ0) is 23.8. The fourth-order valence-corrected chi connectivity index (χ4v) is 4.79. The number of nitrogens with one attached hydrogen (secondary N) is 1. The number of hydrogen-bond acceptors (Lipinski definition) is 5. The number of nitrogens with zero attached hydrogens (tertiary/aromatic N) is 3. The van der Waals surface area contributed by atoms with Gasteiger partial charge in [0.2, 0.25) is 0 Å². The maximum Gasteiger partial charge on any atom is 0.280 e. The summed E-state index contributed by atoms with van der Waals surface area (Å²) < 4.78 is 7.27. The normalized spacial score (nSPS) is 17.6. The van der Waals surface area contributed by atoms with Crippen molar-refractivity contribution in [3.63, 3.8) is 0 Å². The molecule has 0 amide bonds. The summed E-state index contributed by atoms with van der Waals surface area (Å²) in [5.74, 6) is 1.04. The van der Waals surface area contributed by atoms with Crippen LogP contribution in [-0.2, 0) is 0 Å². The maximum absolute atomic E-state index is 11.6. The lowest BCUT2D eigenvalue weighted by molar-refractivity contribution is -0.384. The molecule has 4 aromatic rings. The third-order valence-corrected chi connectivity index (χ3v) is 7.01. The second-order valence-corrected chi connectivity index (χ2v) is 9.15. The van der Waals surface area contributed by atoms with Crippen LogP contribution in [0.3, 0.4) is 0 Å². The van der Waals surface area contributed by atoms with Gasteiger partial charge in [0.15, 0.2) is 5.11 Å². The summed E-state index contributed by atoms with van der Waals surface area (Å²) >= 11 is 9.31. The first-order chi connectivity index (χ1) is 16.4. The summed E-state index contributed by atoms with van der Waals surface area (Å²) in [4.78, 5) is 17.7. The van der Waals surface area contributed by atoms with Crippen LogP contribution in [0.5, 0.6) is 0 Å². The highest BCUT2D eigenvalue weighted by atomic mass is 79.9. The van der Waals surface area contributed by atoms with Gasteiger partial charge < -0.3 is 14.6 Å². The van der Waals surface area contributed by atoms with Crippen molar-refractivity contribution in [3.8, 4) is 11.3 Å². The van der Waals surface area contributed by atoms with Gasteiger partial charge in [0, 0.05) is 22.4 Å². The molecule has 1 aliphatic rings. The van der Waals surface area contributed by atoms with Crippen LogP contribution in [0.25, 0.3) is 11.3 Å². The molecule has 7 nitrogen and oxygen atoms in total. The number of nitro groups is 1. The van der Waals surface area contributed by atoms with E-state index >= 15 is 0 Å². The molecule has 0 spiro atoms. The number of hydrogen-bond donors (Lipinski definition) is 1. The number of nitro benzene ring substituents is 1. The first-order valence-corrected chi connectivity index (χ1v) is 11.7. The van der Waals surface area contributed by atoms with E-state index in [9.17, 15) is 10.1 Å². The van der Waals surface area contributed by atoms with Crippen molar-refractivity contribution >= 4 is 44.6 Å². The van der Waals surface area contributed by atoms with Crippen LogP contribution in [-0.4, -0.2) is 15.0 Å².